The summed E-state index contributed by atoms with van der Waals surface area (Å²) >= 11 is 5.23. The molecule has 2 aromatic rings. The second-order valence-electron chi connectivity index (χ2n) is 4.33. The van der Waals surface area contributed by atoms with E-state index in [1.807, 2.05) is 12.1 Å². The van der Waals surface area contributed by atoms with Gasteiger partial charge in [0.1, 0.15) is 5.75 Å². The van der Waals surface area contributed by atoms with Crippen LogP contribution in [0.1, 0.15) is 10.4 Å². The molecule has 3 N–H and O–H groups in total. The van der Waals surface area contributed by atoms with Gasteiger partial charge in [0.25, 0.3) is 0 Å². The number of hydrogen-bond acceptors (Lipinski definition) is 4. The lowest BCUT2D eigenvalue weighted by molar-refractivity contribution is 0.413. The van der Waals surface area contributed by atoms with Crippen LogP contribution in [0.3, 0.4) is 0 Å². The summed E-state index contributed by atoms with van der Waals surface area (Å²) in [5, 5.41) is 0. The van der Waals surface area contributed by atoms with E-state index in [9.17, 15) is 0 Å². The minimum absolute atomic E-state index is 0.220. The number of nitrogens with two attached hydrogens (primary N) is 1. The first-order chi connectivity index (χ1) is 9.21. The zero-order valence-corrected chi connectivity index (χ0v) is 13.1. The first kappa shape index (κ1) is 14.5. The van der Waals surface area contributed by atoms with E-state index in [1.54, 1.807) is 18.4 Å². The number of nitrogens with one attached hydrogen (secondary N) is 1. The lowest BCUT2D eigenvalue weighted by Crippen LogP contribution is -2.38. The van der Waals surface area contributed by atoms with Crippen LogP contribution in [0, 0.1) is 0 Å². The molecule has 102 valence electrons. The molecule has 2 rings (SSSR count). The first-order valence-corrected chi connectivity index (χ1v) is 7.65. The largest absolute Gasteiger partial charge is 0.497 e. The summed E-state index contributed by atoms with van der Waals surface area (Å²) in [5.41, 5.74) is 4.12. The molecule has 0 bridgehead atoms. The highest BCUT2D eigenvalue weighted by atomic mass is 79.9. The van der Waals surface area contributed by atoms with Crippen LogP contribution >= 0.6 is 27.3 Å². The molecule has 19 heavy (non-hydrogen) atoms. The van der Waals surface area contributed by atoms with Crippen molar-refractivity contribution in [2.75, 3.05) is 7.11 Å². The van der Waals surface area contributed by atoms with Crippen LogP contribution in [-0.2, 0) is 12.8 Å². The standard InChI is InChI=1S/C14H17BrN2OS/c1-18-12-4-2-3-10(8-12)7-11(17-16)9-13-5-6-14(15)19-13/h2-6,8,11,17H,7,9,16H2,1H3. The van der Waals surface area contributed by atoms with Gasteiger partial charge in [-0.3, -0.25) is 11.3 Å². The quantitative estimate of drug-likeness (QED) is 0.627. The van der Waals surface area contributed by atoms with Gasteiger partial charge in [0, 0.05) is 10.9 Å². The smallest absolute Gasteiger partial charge is 0.119 e. The van der Waals surface area contributed by atoms with Gasteiger partial charge in [-0.05, 0) is 58.6 Å². The van der Waals surface area contributed by atoms with Gasteiger partial charge in [-0.15, -0.1) is 11.3 Å². The Morgan fingerprint density at radius 2 is 2.16 bits per heavy atom. The maximum atomic E-state index is 5.66. The summed E-state index contributed by atoms with van der Waals surface area (Å²) in [7, 11) is 1.68. The van der Waals surface area contributed by atoms with Gasteiger partial charge in [0.2, 0.25) is 0 Å². The summed E-state index contributed by atoms with van der Waals surface area (Å²) < 4.78 is 6.39. The van der Waals surface area contributed by atoms with Crippen molar-refractivity contribution in [3.8, 4) is 5.75 Å². The van der Waals surface area contributed by atoms with Crippen molar-refractivity contribution in [1.82, 2.24) is 5.43 Å². The molecule has 5 heteroatoms. The van der Waals surface area contributed by atoms with Gasteiger partial charge in [0.15, 0.2) is 0 Å². The topological polar surface area (TPSA) is 47.3 Å². The molecule has 1 atom stereocenters. The fraction of sp³-hybridized carbons (Fsp3) is 0.286. The van der Waals surface area contributed by atoms with Gasteiger partial charge >= 0.3 is 0 Å². The van der Waals surface area contributed by atoms with E-state index in [0.29, 0.717) is 0 Å². The first-order valence-electron chi connectivity index (χ1n) is 6.04. The number of thiophene rings is 1. The molecule has 0 radical (unpaired) electrons. The highest BCUT2D eigenvalue weighted by Gasteiger charge is 2.11. The zero-order chi connectivity index (χ0) is 13.7. The van der Waals surface area contributed by atoms with Crippen LogP contribution in [0.25, 0.3) is 0 Å². The van der Waals surface area contributed by atoms with Crippen molar-refractivity contribution < 1.29 is 4.74 Å². The zero-order valence-electron chi connectivity index (χ0n) is 10.7. The van der Waals surface area contributed by atoms with E-state index >= 15 is 0 Å². The third-order valence-electron chi connectivity index (χ3n) is 2.93. The van der Waals surface area contributed by atoms with Crippen molar-refractivity contribution in [1.29, 1.82) is 0 Å². The Bertz CT molecular complexity index is 530. The van der Waals surface area contributed by atoms with E-state index in [-0.39, 0.29) is 6.04 Å². The third-order valence-corrected chi connectivity index (χ3v) is 4.57. The molecule has 3 nitrogen and oxygen atoms in total. The molecule has 0 saturated carbocycles. The molecule has 0 aliphatic carbocycles. The van der Waals surface area contributed by atoms with Crippen molar-refractivity contribution in [3.63, 3.8) is 0 Å². The van der Waals surface area contributed by atoms with E-state index in [2.05, 4.69) is 45.6 Å². The molecular formula is C14H17BrN2OS. The predicted molar refractivity (Wildman–Crippen MR) is 83.5 cm³/mol. The highest BCUT2D eigenvalue weighted by Crippen LogP contribution is 2.24. The molecule has 1 aromatic carbocycles. The molecule has 0 saturated heterocycles. The predicted octanol–water partition coefficient (Wildman–Crippen LogP) is 3.14. The van der Waals surface area contributed by atoms with E-state index < -0.39 is 0 Å². The van der Waals surface area contributed by atoms with Crippen molar-refractivity contribution in [2.45, 2.75) is 18.9 Å². The van der Waals surface area contributed by atoms with Crippen molar-refractivity contribution >= 4 is 27.3 Å². The molecular weight excluding hydrogens is 324 g/mol. The SMILES string of the molecule is COc1cccc(CC(Cc2ccc(Br)s2)NN)c1. The number of methoxy groups -OCH3 is 1. The monoisotopic (exact) mass is 340 g/mol. The molecule has 1 unspecified atom stereocenters. The molecule has 0 amide bonds. The number of rotatable bonds is 6. The van der Waals surface area contributed by atoms with Crippen LogP contribution in [-0.4, -0.2) is 13.2 Å². The summed E-state index contributed by atoms with van der Waals surface area (Å²) in [5.74, 6) is 6.54. The molecule has 1 heterocycles. The van der Waals surface area contributed by atoms with Crippen LogP contribution in [0.4, 0.5) is 0 Å². The fourth-order valence-corrected chi connectivity index (χ4v) is 3.54. The Morgan fingerprint density at radius 1 is 1.32 bits per heavy atom. The van der Waals surface area contributed by atoms with Crippen molar-refractivity contribution in [2.24, 2.45) is 5.84 Å². The second kappa shape index (κ2) is 7.05. The molecule has 0 aliphatic heterocycles. The highest BCUT2D eigenvalue weighted by molar-refractivity contribution is 9.11. The molecule has 1 aromatic heterocycles. The maximum Gasteiger partial charge on any atom is 0.119 e. The third kappa shape index (κ3) is 4.31. The Balaban J connectivity index is 2.01. The minimum atomic E-state index is 0.220. The van der Waals surface area contributed by atoms with Gasteiger partial charge in [0.05, 0.1) is 10.9 Å². The Morgan fingerprint density at radius 3 is 2.79 bits per heavy atom. The van der Waals surface area contributed by atoms with Gasteiger partial charge in [-0.1, -0.05) is 12.1 Å². The average molecular weight is 341 g/mol. The van der Waals surface area contributed by atoms with Crippen LogP contribution in [0.5, 0.6) is 5.75 Å². The van der Waals surface area contributed by atoms with E-state index in [4.69, 9.17) is 10.6 Å². The molecule has 0 fully saturated rings. The number of benzene rings is 1. The summed E-state index contributed by atoms with van der Waals surface area (Å²) in [6, 6.07) is 12.5. The second-order valence-corrected chi connectivity index (χ2v) is 6.88. The fourth-order valence-electron chi connectivity index (χ4n) is 1.98. The summed E-state index contributed by atoms with van der Waals surface area (Å²) in [6.07, 6.45) is 1.80. The summed E-state index contributed by atoms with van der Waals surface area (Å²) in [4.78, 5) is 1.32. The van der Waals surface area contributed by atoms with Crippen LogP contribution < -0.4 is 16.0 Å². The number of hydrazine groups is 1. The number of halogens is 1. The van der Waals surface area contributed by atoms with Gasteiger partial charge in [-0.25, -0.2) is 0 Å². The van der Waals surface area contributed by atoms with Crippen LogP contribution in [0.2, 0.25) is 0 Å². The summed E-state index contributed by atoms with van der Waals surface area (Å²) in [6.45, 7) is 0. The number of hydrogen-bond donors (Lipinski definition) is 2. The maximum absolute atomic E-state index is 5.66. The molecule has 0 spiro atoms. The lowest BCUT2D eigenvalue weighted by Gasteiger charge is -2.15. The van der Waals surface area contributed by atoms with E-state index in [0.717, 1.165) is 22.4 Å². The van der Waals surface area contributed by atoms with Gasteiger partial charge < -0.3 is 4.74 Å². The molecule has 0 aliphatic rings. The van der Waals surface area contributed by atoms with E-state index in [1.165, 1.54) is 10.4 Å². The Kier molecular flexibility index (Phi) is 5.39. The van der Waals surface area contributed by atoms with Gasteiger partial charge in [-0.2, -0.15) is 0 Å². The number of ether oxygens (including phenoxy) is 1. The average Bonchev–Trinajstić information content (AvgIpc) is 2.83. The Labute approximate surface area is 125 Å². The normalized spacial score (nSPS) is 12.4. The lowest BCUT2D eigenvalue weighted by atomic mass is 10.0. The van der Waals surface area contributed by atoms with Crippen LogP contribution in [0.15, 0.2) is 40.2 Å². The minimum Gasteiger partial charge on any atom is -0.497 e. The van der Waals surface area contributed by atoms with Crippen molar-refractivity contribution in [3.05, 3.63) is 50.6 Å². The Hall–Kier alpha value is -0.880.